The molecular formula is C25H33N3O3S. The van der Waals surface area contributed by atoms with E-state index in [1.54, 1.807) is 12.1 Å². The summed E-state index contributed by atoms with van der Waals surface area (Å²) in [5.74, 6) is -0.0274. The highest BCUT2D eigenvalue weighted by atomic mass is 32.2. The van der Waals surface area contributed by atoms with Crippen LogP contribution in [-0.4, -0.2) is 43.8 Å². The van der Waals surface area contributed by atoms with Gasteiger partial charge in [0.25, 0.3) is 0 Å². The van der Waals surface area contributed by atoms with Crippen LogP contribution in [0, 0.1) is 0 Å². The van der Waals surface area contributed by atoms with Crippen molar-refractivity contribution < 1.29 is 13.2 Å². The summed E-state index contributed by atoms with van der Waals surface area (Å²) in [4.78, 5) is 12.7. The molecule has 7 heteroatoms. The van der Waals surface area contributed by atoms with Crippen LogP contribution in [0.3, 0.4) is 0 Å². The SMILES string of the molecule is O=C(CCc1ccccc1)NC1CCCN(S(=O)(=O)c2ccc(NC3CCCC3)cc2)C1. The number of carbonyl (C=O) groups excluding carboxylic acids is 1. The van der Waals surface area contributed by atoms with E-state index in [0.29, 0.717) is 36.9 Å². The van der Waals surface area contributed by atoms with Gasteiger partial charge in [0, 0.05) is 37.3 Å². The molecular weight excluding hydrogens is 422 g/mol. The highest BCUT2D eigenvalue weighted by Gasteiger charge is 2.31. The first-order chi connectivity index (χ1) is 15.5. The average molecular weight is 456 g/mol. The Morgan fingerprint density at radius 3 is 2.31 bits per heavy atom. The fourth-order valence-corrected chi connectivity index (χ4v) is 6.18. The van der Waals surface area contributed by atoms with E-state index in [4.69, 9.17) is 0 Å². The van der Waals surface area contributed by atoms with Crippen LogP contribution in [0.15, 0.2) is 59.5 Å². The van der Waals surface area contributed by atoms with Gasteiger partial charge in [-0.15, -0.1) is 0 Å². The predicted molar refractivity (Wildman–Crippen MR) is 127 cm³/mol. The van der Waals surface area contributed by atoms with E-state index in [-0.39, 0.29) is 11.9 Å². The number of piperidine rings is 1. The average Bonchev–Trinajstić information content (AvgIpc) is 3.32. The second kappa shape index (κ2) is 10.5. The van der Waals surface area contributed by atoms with Crippen LogP contribution in [-0.2, 0) is 21.2 Å². The van der Waals surface area contributed by atoms with E-state index in [2.05, 4.69) is 10.6 Å². The fourth-order valence-electron chi connectivity index (χ4n) is 4.66. The Hall–Kier alpha value is -2.38. The topological polar surface area (TPSA) is 78.5 Å². The Kier molecular flexibility index (Phi) is 7.48. The number of sulfonamides is 1. The van der Waals surface area contributed by atoms with Crippen LogP contribution >= 0.6 is 0 Å². The molecule has 172 valence electrons. The quantitative estimate of drug-likeness (QED) is 0.632. The van der Waals surface area contributed by atoms with Gasteiger partial charge in [-0.3, -0.25) is 4.79 Å². The monoisotopic (exact) mass is 455 g/mol. The lowest BCUT2D eigenvalue weighted by molar-refractivity contribution is -0.122. The van der Waals surface area contributed by atoms with Gasteiger partial charge in [-0.2, -0.15) is 4.31 Å². The van der Waals surface area contributed by atoms with Crippen molar-refractivity contribution >= 4 is 21.6 Å². The number of hydrogen-bond donors (Lipinski definition) is 2. The molecule has 0 spiro atoms. The van der Waals surface area contributed by atoms with Gasteiger partial charge in [0.2, 0.25) is 15.9 Å². The molecule has 2 fully saturated rings. The predicted octanol–water partition coefficient (Wildman–Crippen LogP) is 3.94. The lowest BCUT2D eigenvalue weighted by Crippen LogP contribution is -2.49. The zero-order chi connectivity index (χ0) is 22.4. The summed E-state index contributed by atoms with van der Waals surface area (Å²) in [6.45, 7) is 0.808. The van der Waals surface area contributed by atoms with Gasteiger partial charge < -0.3 is 10.6 Å². The number of rotatable bonds is 8. The largest absolute Gasteiger partial charge is 0.382 e. The second-order valence-electron chi connectivity index (χ2n) is 8.91. The van der Waals surface area contributed by atoms with Gasteiger partial charge in [-0.05, 0) is 61.9 Å². The molecule has 0 radical (unpaired) electrons. The summed E-state index contributed by atoms with van der Waals surface area (Å²) in [6.07, 6.45) is 7.48. The third-order valence-corrected chi connectivity index (χ3v) is 8.33. The lowest BCUT2D eigenvalue weighted by atomic mass is 10.1. The molecule has 1 atom stereocenters. The number of nitrogens with one attached hydrogen (secondary N) is 2. The Balaban J connectivity index is 1.31. The zero-order valence-electron chi connectivity index (χ0n) is 18.5. The molecule has 1 amide bonds. The molecule has 32 heavy (non-hydrogen) atoms. The molecule has 4 rings (SSSR count). The van der Waals surface area contributed by atoms with Crippen LogP contribution in [0.1, 0.15) is 50.5 Å². The minimum atomic E-state index is -3.58. The molecule has 6 nitrogen and oxygen atoms in total. The Labute approximate surface area is 191 Å². The number of amides is 1. The first-order valence-electron chi connectivity index (χ1n) is 11.7. The fraction of sp³-hybridized carbons (Fsp3) is 0.480. The van der Waals surface area contributed by atoms with Crippen molar-refractivity contribution in [2.75, 3.05) is 18.4 Å². The van der Waals surface area contributed by atoms with Gasteiger partial charge in [0.1, 0.15) is 0 Å². The highest BCUT2D eigenvalue weighted by molar-refractivity contribution is 7.89. The minimum Gasteiger partial charge on any atom is -0.382 e. The van der Waals surface area contributed by atoms with E-state index < -0.39 is 10.0 Å². The number of aryl methyl sites for hydroxylation is 1. The molecule has 0 aromatic heterocycles. The summed E-state index contributed by atoms with van der Waals surface area (Å²) >= 11 is 0. The number of anilines is 1. The van der Waals surface area contributed by atoms with Crippen LogP contribution in [0.2, 0.25) is 0 Å². The maximum Gasteiger partial charge on any atom is 0.243 e. The summed E-state index contributed by atoms with van der Waals surface area (Å²) < 4.78 is 27.9. The molecule has 2 aromatic carbocycles. The van der Waals surface area contributed by atoms with Gasteiger partial charge in [0.05, 0.1) is 4.90 Å². The number of nitrogens with zero attached hydrogens (tertiary/aromatic N) is 1. The summed E-state index contributed by atoms with van der Waals surface area (Å²) in [6, 6.07) is 17.4. The normalized spacial score (nSPS) is 20.2. The zero-order valence-corrected chi connectivity index (χ0v) is 19.3. The van der Waals surface area contributed by atoms with Crippen molar-refractivity contribution in [1.29, 1.82) is 0 Å². The third kappa shape index (κ3) is 5.90. The molecule has 0 bridgehead atoms. The number of carbonyl (C=O) groups is 1. The van der Waals surface area contributed by atoms with Gasteiger partial charge >= 0.3 is 0 Å². The molecule has 2 N–H and O–H groups in total. The van der Waals surface area contributed by atoms with E-state index in [0.717, 1.165) is 24.1 Å². The van der Waals surface area contributed by atoms with Crippen LogP contribution in [0.25, 0.3) is 0 Å². The smallest absolute Gasteiger partial charge is 0.243 e. The first-order valence-corrected chi connectivity index (χ1v) is 13.1. The maximum absolute atomic E-state index is 13.2. The molecule has 1 aliphatic heterocycles. The lowest BCUT2D eigenvalue weighted by Gasteiger charge is -2.32. The van der Waals surface area contributed by atoms with E-state index >= 15 is 0 Å². The van der Waals surface area contributed by atoms with Gasteiger partial charge in [-0.25, -0.2) is 8.42 Å². The Bertz CT molecular complexity index is 987. The molecule has 2 aliphatic rings. The molecule has 1 aliphatic carbocycles. The van der Waals surface area contributed by atoms with Crippen molar-refractivity contribution in [2.24, 2.45) is 0 Å². The van der Waals surface area contributed by atoms with Crippen molar-refractivity contribution in [3.8, 4) is 0 Å². The Morgan fingerprint density at radius 2 is 1.59 bits per heavy atom. The van der Waals surface area contributed by atoms with Crippen LogP contribution in [0.4, 0.5) is 5.69 Å². The first kappa shape index (κ1) is 22.8. The maximum atomic E-state index is 13.2. The van der Waals surface area contributed by atoms with Crippen molar-refractivity contribution in [1.82, 2.24) is 9.62 Å². The summed E-state index contributed by atoms with van der Waals surface area (Å²) in [5, 5.41) is 6.53. The number of hydrogen-bond acceptors (Lipinski definition) is 4. The molecule has 1 heterocycles. The molecule has 2 aromatic rings. The molecule has 1 saturated heterocycles. The van der Waals surface area contributed by atoms with Crippen molar-refractivity contribution in [3.63, 3.8) is 0 Å². The standard InChI is InChI=1S/C25H33N3O3S/c29-25(17-12-20-7-2-1-3-8-20)27-23-11-6-18-28(19-23)32(30,31)24-15-13-22(14-16-24)26-21-9-4-5-10-21/h1-3,7-8,13-16,21,23,26H,4-6,9-12,17-19H2,(H,27,29). The van der Waals surface area contributed by atoms with Crippen LogP contribution in [0.5, 0.6) is 0 Å². The van der Waals surface area contributed by atoms with Gasteiger partial charge in [-0.1, -0.05) is 43.2 Å². The van der Waals surface area contributed by atoms with E-state index in [1.165, 1.54) is 30.0 Å². The van der Waals surface area contributed by atoms with Crippen LogP contribution < -0.4 is 10.6 Å². The summed E-state index contributed by atoms with van der Waals surface area (Å²) in [5.41, 5.74) is 2.10. The highest BCUT2D eigenvalue weighted by Crippen LogP contribution is 2.25. The van der Waals surface area contributed by atoms with Gasteiger partial charge in [0.15, 0.2) is 0 Å². The van der Waals surface area contributed by atoms with Crippen molar-refractivity contribution in [3.05, 3.63) is 60.2 Å². The van der Waals surface area contributed by atoms with E-state index in [9.17, 15) is 13.2 Å². The molecule has 1 unspecified atom stereocenters. The molecule has 1 saturated carbocycles. The van der Waals surface area contributed by atoms with E-state index in [1.807, 2.05) is 42.5 Å². The van der Waals surface area contributed by atoms with Crippen molar-refractivity contribution in [2.45, 2.75) is 68.3 Å². The summed E-state index contributed by atoms with van der Waals surface area (Å²) in [7, 11) is -3.58. The Morgan fingerprint density at radius 1 is 0.906 bits per heavy atom. The third-order valence-electron chi connectivity index (χ3n) is 6.45. The second-order valence-corrected chi connectivity index (χ2v) is 10.8. The number of benzene rings is 2. The minimum absolute atomic E-state index is 0.0274.